The van der Waals surface area contributed by atoms with E-state index in [4.69, 9.17) is 0 Å². The molecule has 1 N–H and O–H groups in total. The molecule has 0 aliphatic carbocycles. The molecule has 1 aliphatic rings. The van der Waals surface area contributed by atoms with Crippen LogP contribution < -0.4 is 11.0 Å². The first kappa shape index (κ1) is 18.5. The molecule has 142 valence electrons. The van der Waals surface area contributed by atoms with Crippen molar-refractivity contribution in [2.45, 2.75) is 12.5 Å². The molecule has 0 spiro atoms. The van der Waals surface area contributed by atoms with Crippen LogP contribution in [0.5, 0.6) is 0 Å². The summed E-state index contributed by atoms with van der Waals surface area (Å²) in [5.74, 6) is 0. The van der Waals surface area contributed by atoms with Crippen molar-refractivity contribution in [3.63, 3.8) is 0 Å². The van der Waals surface area contributed by atoms with Crippen LogP contribution in [0.4, 0.5) is 0 Å². The fourth-order valence-electron chi connectivity index (χ4n) is 3.94. The van der Waals surface area contributed by atoms with Gasteiger partial charge in [-0.1, -0.05) is 42.5 Å². The van der Waals surface area contributed by atoms with Crippen LogP contribution in [0.25, 0.3) is 28.0 Å². The Kier molecular flexibility index (Phi) is 5.03. The number of fused-ring (bicyclic) bond motifs is 1. The summed E-state index contributed by atoms with van der Waals surface area (Å²) >= 11 is 0. The van der Waals surface area contributed by atoms with Gasteiger partial charge in [0.2, 0.25) is 0 Å². The number of benzene rings is 2. The number of rotatable bonds is 3. The maximum Gasteiger partial charge on any atom is 0.335 e. The van der Waals surface area contributed by atoms with Gasteiger partial charge in [-0.2, -0.15) is 0 Å². The summed E-state index contributed by atoms with van der Waals surface area (Å²) in [5.41, 5.74) is 4.66. The minimum absolute atomic E-state index is 0. The molecular weight excluding hydrogens is 372 g/mol. The molecule has 1 saturated heterocycles. The maximum atomic E-state index is 13.4. The van der Waals surface area contributed by atoms with Crippen molar-refractivity contribution in [3.05, 3.63) is 83.4 Å². The lowest BCUT2D eigenvalue weighted by Crippen LogP contribution is -2.28. The molecule has 4 aromatic rings. The molecular formula is C22H21ClN4O. The topological polar surface area (TPSA) is 51.9 Å². The number of aromatic nitrogens is 3. The van der Waals surface area contributed by atoms with Crippen molar-refractivity contribution >= 4 is 23.6 Å². The number of hydrogen-bond donors (Lipinski definition) is 1. The third-order valence-electron chi connectivity index (χ3n) is 5.24. The van der Waals surface area contributed by atoms with Gasteiger partial charge >= 0.3 is 5.69 Å². The number of imidazole rings is 1. The number of nitrogens with zero attached hydrogens (tertiary/aromatic N) is 3. The van der Waals surface area contributed by atoms with Gasteiger partial charge < -0.3 is 5.32 Å². The fraction of sp³-hybridized carbons (Fsp3) is 0.182. The summed E-state index contributed by atoms with van der Waals surface area (Å²) in [6.07, 6.45) is 2.70. The number of pyridine rings is 1. The van der Waals surface area contributed by atoms with E-state index in [1.165, 1.54) is 0 Å². The SMILES string of the molecule is Cl.O=c1n(-c2cccc(-c3ccccc3)c2)c2cccnc2n1[C@H]1CCNC1. The minimum Gasteiger partial charge on any atom is -0.315 e. The lowest BCUT2D eigenvalue weighted by atomic mass is 10.1. The van der Waals surface area contributed by atoms with Crippen LogP contribution in [-0.4, -0.2) is 27.2 Å². The predicted octanol–water partition coefficient (Wildman–Crippen LogP) is 3.81. The van der Waals surface area contributed by atoms with Crippen molar-refractivity contribution in [2.75, 3.05) is 13.1 Å². The zero-order valence-electron chi connectivity index (χ0n) is 15.3. The summed E-state index contributed by atoms with van der Waals surface area (Å²) < 4.78 is 3.64. The predicted molar refractivity (Wildman–Crippen MR) is 115 cm³/mol. The molecule has 0 unspecified atom stereocenters. The van der Waals surface area contributed by atoms with Gasteiger partial charge in [0.25, 0.3) is 0 Å². The third kappa shape index (κ3) is 3.03. The molecule has 1 fully saturated rings. The van der Waals surface area contributed by atoms with Crippen molar-refractivity contribution in [3.8, 4) is 16.8 Å². The van der Waals surface area contributed by atoms with Gasteiger partial charge in [0, 0.05) is 12.7 Å². The largest absolute Gasteiger partial charge is 0.335 e. The molecule has 0 radical (unpaired) electrons. The van der Waals surface area contributed by atoms with E-state index < -0.39 is 0 Å². The Bertz CT molecular complexity index is 1160. The highest BCUT2D eigenvalue weighted by Crippen LogP contribution is 2.25. The molecule has 0 amide bonds. The number of halogens is 1. The summed E-state index contributed by atoms with van der Waals surface area (Å²) in [6.45, 7) is 1.74. The van der Waals surface area contributed by atoms with Gasteiger partial charge in [-0.05, 0) is 48.4 Å². The van der Waals surface area contributed by atoms with Gasteiger partial charge in [0.15, 0.2) is 5.65 Å². The molecule has 0 saturated carbocycles. The second-order valence-corrected chi connectivity index (χ2v) is 6.90. The van der Waals surface area contributed by atoms with E-state index in [2.05, 4.69) is 34.6 Å². The van der Waals surface area contributed by atoms with Crippen LogP contribution in [0.15, 0.2) is 77.7 Å². The molecule has 5 rings (SSSR count). The first-order valence-corrected chi connectivity index (χ1v) is 9.27. The second-order valence-electron chi connectivity index (χ2n) is 6.90. The quantitative estimate of drug-likeness (QED) is 0.576. The van der Waals surface area contributed by atoms with Crippen molar-refractivity contribution in [1.82, 2.24) is 19.4 Å². The lowest BCUT2D eigenvalue weighted by Gasteiger charge is -2.09. The molecule has 3 heterocycles. The maximum absolute atomic E-state index is 13.4. The summed E-state index contributed by atoms with van der Waals surface area (Å²) in [4.78, 5) is 17.9. The third-order valence-corrected chi connectivity index (χ3v) is 5.24. The van der Waals surface area contributed by atoms with E-state index in [9.17, 15) is 4.79 Å². The minimum atomic E-state index is -0.0254. The van der Waals surface area contributed by atoms with Crippen molar-refractivity contribution < 1.29 is 0 Å². The van der Waals surface area contributed by atoms with Gasteiger partial charge in [-0.15, -0.1) is 12.4 Å². The van der Waals surface area contributed by atoms with Crippen LogP contribution in [-0.2, 0) is 0 Å². The average molecular weight is 393 g/mol. The van der Waals surface area contributed by atoms with Gasteiger partial charge in [-0.25, -0.2) is 9.78 Å². The Hall–Kier alpha value is -2.89. The average Bonchev–Trinajstić information content (AvgIpc) is 3.34. The molecule has 28 heavy (non-hydrogen) atoms. The second kappa shape index (κ2) is 7.62. The molecule has 6 heteroatoms. The Morgan fingerprint density at radius 2 is 1.79 bits per heavy atom. The van der Waals surface area contributed by atoms with E-state index in [1.807, 2.05) is 47.0 Å². The van der Waals surface area contributed by atoms with Crippen LogP contribution in [0.3, 0.4) is 0 Å². The monoisotopic (exact) mass is 392 g/mol. The smallest absolute Gasteiger partial charge is 0.315 e. The zero-order valence-corrected chi connectivity index (χ0v) is 16.1. The molecule has 1 aliphatic heterocycles. The molecule has 0 bridgehead atoms. The van der Waals surface area contributed by atoms with Crippen LogP contribution >= 0.6 is 12.4 Å². The number of hydrogen-bond acceptors (Lipinski definition) is 3. The van der Waals surface area contributed by atoms with E-state index in [0.29, 0.717) is 0 Å². The Labute approximate surface area is 169 Å². The Morgan fingerprint density at radius 3 is 2.57 bits per heavy atom. The Morgan fingerprint density at radius 1 is 0.964 bits per heavy atom. The van der Waals surface area contributed by atoms with Crippen LogP contribution in [0.1, 0.15) is 12.5 Å². The normalized spacial score (nSPS) is 16.2. The van der Waals surface area contributed by atoms with Gasteiger partial charge in [0.05, 0.1) is 17.2 Å². The zero-order chi connectivity index (χ0) is 18.2. The van der Waals surface area contributed by atoms with E-state index in [-0.39, 0.29) is 24.1 Å². The summed E-state index contributed by atoms with van der Waals surface area (Å²) in [7, 11) is 0. The van der Waals surface area contributed by atoms with Crippen LogP contribution in [0.2, 0.25) is 0 Å². The highest BCUT2D eigenvalue weighted by molar-refractivity contribution is 5.85. The summed E-state index contributed by atoms with van der Waals surface area (Å²) in [6, 6.07) is 22.3. The first-order chi connectivity index (χ1) is 13.3. The fourth-order valence-corrected chi connectivity index (χ4v) is 3.94. The first-order valence-electron chi connectivity index (χ1n) is 9.27. The van der Waals surface area contributed by atoms with Crippen molar-refractivity contribution in [1.29, 1.82) is 0 Å². The standard InChI is InChI=1S/C22H20N4O.ClH/c27-22-25(18-9-4-8-17(14-18)16-6-2-1-3-7-16)20-10-5-12-24-21(20)26(22)19-11-13-23-15-19;/h1-10,12,14,19,23H,11,13,15H2;1H/t19-;/m0./s1. The van der Waals surface area contributed by atoms with E-state index in [0.717, 1.165) is 47.5 Å². The number of nitrogens with one attached hydrogen (secondary N) is 1. The van der Waals surface area contributed by atoms with E-state index >= 15 is 0 Å². The molecule has 1 atom stereocenters. The highest BCUT2D eigenvalue weighted by atomic mass is 35.5. The van der Waals surface area contributed by atoms with Gasteiger partial charge in [-0.3, -0.25) is 9.13 Å². The lowest BCUT2D eigenvalue weighted by molar-refractivity contribution is 0.537. The Balaban J connectivity index is 0.00000192. The molecule has 5 nitrogen and oxygen atoms in total. The highest BCUT2D eigenvalue weighted by Gasteiger charge is 2.24. The van der Waals surface area contributed by atoms with E-state index in [1.54, 1.807) is 10.8 Å². The van der Waals surface area contributed by atoms with Crippen molar-refractivity contribution in [2.24, 2.45) is 0 Å². The summed E-state index contributed by atoms with van der Waals surface area (Å²) in [5, 5.41) is 3.35. The molecule has 2 aromatic heterocycles. The molecule has 2 aromatic carbocycles. The van der Waals surface area contributed by atoms with Gasteiger partial charge in [0.1, 0.15) is 0 Å². The van der Waals surface area contributed by atoms with Crippen LogP contribution in [0, 0.1) is 0 Å².